The van der Waals surface area contributed by atoms with Crippen molar-refractivity contribution in [3.05, 3.63) is 62.2 Å². The number of hydrogen-bond acceptors (Lipinski definition) is 2. The molecule has 0 amide bonds. The third-order valence-corrected chi connectivity index (χ3v) is 3.41. The first-order chi connectivity index (χ1) is 8.08. The maximum atomic E-state index is 11.8. The van der Waals surface area contributed by atoms with Gasteiger partial charge in [0, 0.05) is 15.9 Å². The molecular formula is C13H13BrN2O. The molecule has 88 valence electrons. The Morgan fingerprint density at radius 1 is 1.29 bits per heavy atom. The highest BCUT2D eigenvalue weighted by atomic mass is 79.9. The third-order valence-electron chi connectivity index (χ3n) is 2.63. The molecule has 1 aromatic heterocycles. The summed E-state index contributed by atoms with van der Waals surface area (Å²) >= 11 is 3.48. The summed E-state index contributed by atoms with van der Waals surface area (Å²) in [7, 11) is 0. The van der Waals surface area contributed by atoms with Crippen molar-refractivity contribution in [2.45, 2.75) is 20.4 Å². The Bertz CT molecular complexity index is 605. The summed E-state index contributed by atoms with van der Waals surface area (Å²) in [6.07, 6.45) is 0. The van der Waals surface area contributed by atoms with Crippen LogP contribution in [0.25, 0.3) is 0 Å². The van der Waals surface area contributed by atoms with Gasteiger partial charge in [-0.3, -0.25) is 4.57 Å². The standard InChI is InChI=1S/C13H13BrN2O/c1-9-7-10(2)16(13(17)15-9)8-11-5-3-4-6-12(11)14/h3-7H,8H2,1-2H3. The molecule has 0 fully saturated rings. The number of rotatable bonds is 2. The summed E-state index contributed by atoms with van der Waals surface area (Å²) in [5.41, 5.74) is 2.57. The molecule has 0 spiro atoms. The fourth-order valence-electron chi connectivity index (χ4n) is 1.76. The lowest BCUT2D eigenvalue weighted by Crippen LogP contribution is -2.26. The summed E-state index contributed by atoms with van der Waals surface area (Å²) in [5, 5.41) is 0. The van der Waals surface area contributed by atoms with Gasteiger partial charge in [-0.25, -0.2) is 4.79 Å². The largest absolute Gasteiger partial charge is 0.348 e. The fraction of sp³-hybridized carbons (Fsp3) is 0.231. The van der Waals surface area contributed by atoms with E-state index in [0.29, 0.717) is 6.54 Å². The molecule has 0 aliphatic carbocycles. The Morgan fingerprint density at radius 2 is 2.00 bits per heavy atom. The Kier molecular flexibility index (Phi) is 3.43. The van der Waals surface area contributed by atoms with Crippen molar-refractivity contribution in [1.29, 1.82) is 0 Å². The first-order valence-corrected chi connectivity index (χ1v) is 6.16. The van der Waals surface area contributed by atoms with Crippen LogP contribution in [0.1, 0.15) is 17.0 Å². The van der Waals surface area contributed by atoms with Gasteiger partial charge >= 0.3 is 5.69 Å². The van der Waals surface area contributed by atoms with Crippen molar-refractivity contribution in [3.8, 4) is 0 Å². The smallest absolute Gasteiger partial charge is 0.292 e. The van der Waals surface area contributed by atoms with E-state index in [1.54, 1.807) is 4.57 Å². The molecule has 0 aliphatic heterocycles. The van der Waals surface area contributed by atoms with Crippen LogP contribution in [0.4, 0.5) is 0 Å². The van der Waals surface area contributed by atoms with Crippen LogP contribution in [0.15, 0.2) is 39.6 Å². The van der Waals surface area contributed by atoms with E-state index >= 15 is 0 Å². The Labute approximate surface area is 108 Å². The molecule has 2 aromatic rings. The molecule has 17 heavy (non-hydrogen) atoms. The van der Waals surface area contributed by atoms with E-state index in [2.05, 4.69) is 20.9 Å². The van der Waals surface area contributed by atoms with Gasteiger partial charge in [0.25, 0.3) is 0 Å². The number of aryl methyl sites for hydroxylation is 2. The van der Waals surface area contributed by atoms with Crippen LogP contribution in [0.3, 0.4) is 0 Å². The number of halogens is 1. The lowest BCUT2D eigenvalue weighted by atomic mass is 10.2. The van der Waals surface area contributed by atoms with Crippen LogP contribution < -0.4 is 5.69 Å². The van der Waals surface area contributed by atoms with Crippen molar-refractivity contribution in [2.75, 3.05) is 0 Å². The Balaban J connectivity index is 2.44. The van der Waals surface area contributed by atoms with Crippen molar-refractivity contribution < 1.29 is 0 Å². The highest BCUT2D eigenvalue weighted by molar-refractivity contribution is 9.10. The van der Waals surface area contributed by atoms with Crippen molar-refractivity contribution in [2.24, 2.45) is 0 Å². The minimum Gasteiger partial charge on any atom is -0.292 e. The zero-order chi connectivity index (χ0) is 12.4. The lowest BCUT2D eigenvalue weighted by molar-refractivity contribution is 0.692. The van der Waals surface area contributed by atoms with E-state index in [-0.39, 0.29) is 5.69 Å². The van der Waals surface area contributed by atoms with Crippen LogP contribution in [0.5, 0.6) is 0 Å². The number of benzene rings is 1. The second-order valence-corrected chi connectivity index (χ2v) is 4.85. The molecule has 4 heteroatoms. The van der Waals surface area contributed by atoms with Crippen LogP contribution in [0.2, 0.25) is 0 Å². The molecule has 3 nitrogen and oxygen atoms in total. The van der Waals surface area contributed by atoms with Crippen molar-refractivity contribution >= 4 is 15.9 Å². The van der Waals surface area contributed by atoms with Crippen LogP contribution in [0, 0.1) is 13.8 Å². The topological polar surface area (TPSA) is 34.9 Å². The van der Waals surface area contributed by atoms with Gasteiger partial charge < -0.3 is 0 Å². The molecule has 0 bridgehead atoms. The number of aromatic nitrogens is 2. The average molecular weight is 293 g/mol. The number of nitrogens with zero attached hydrogens (tertiary/aromatic N) is 2. The minimum atomic E-state index is -0.196. The van der Waals surface area contributed by atoms with Gasteiger partial charge in [0.15, 0.2) is 0 Å². The van der Waals surface area contributed by atoms with Gasteiger partial charge in [0.1, 0.15) is 0 Å². The van der Waals surface area contributed by atoms with Crippen molar-refractivity contribution in [1.82, 2.24) is 9.55 Å². The predicted octanol–water partition coefficient (Wildman–Crippen LogP) is 2.67. The lowest BCUT2D eigenvalue weighted by Gasteiger charge is -2.10. The summed E-state index contributed by atoms with van der Waals surface area (Å²) in [6.45, 7) is 4.30. The van der Waals surface area contributed by atoms with Gasteiger partial charge in [-0.15, -0.1) is 0 Å². The van der Waals surface area contributed by atoms with E-state index in [1.807, 2.05) is 44.2 Å². The van der Waals surface area contributed by atoms with Crippen LogP contribution in [-0.2, 0) is 6.54 Å². The molecule has 1 heterocycles. The first kappa shape index (κ1) is 12.0. The van der Waals surface area contributed by atoms with E-state index < -0.39 is 0 Å². The van der Waals surface area contributed by atoms with Gasteiger partial charge in [-0.05, 0) is 31.5 Å². The molecule has 2 rings (SSSR count). The molecule has 0 aliphatic rings. The van der Waals surface area contributed by atoms with Gasteiger partial charge in [0.2, 0.25) is 0 Å². The molecule has 0 radical (unpaired) electrons. The molecule has 0 N–H and O–H groups in total. The highest BCUT2D eigenvalue weighted by Gasteiger charge is 2.05. The maximum Gasteiger partial charge on any atom is 0.348 e. The normalized spacial score (nSPS) is 10.5. The van der Waals surface area contributed by atoms with Gasteiger partial charge in [-0.1, -0.05) is 34.1 Å². The van der Waals surface area contributed by atoms with E-state index in [4.69, 9.17) is 0 Å². The summed E-state index contributed by atoms with van der Waals surface area (Å²) in [5.74, 6) is 0. The van der Waals surface area contributed by atoms with E-state index in [0.717, 1.165) is 21.4 Å². The maximum absolute atomic E-state index is 11.8. The monoisotopic (exact) mass is 292 g/mol. The molecule has 0 saturated heterocycles. The van der Waals surface area contributed by atoms with Crippen molar-refractivity contribution in [3.63, 3.8) is 0 Å². The summed E-state index contributed by atoms with van der Waals surface area (Å²) < 4.78 is 2.68. The summed E-state index contributed by atoms with van der Waals surface area (Å²) in [4.78, 5) is 15.8. The second-order valence-electron chi connectivity index (χ2n) is 4.00. The molecular weight excluding hydrogens is 280 g/mol. The Morgan fingerprint density at radius 3 is 2.65 bits per heavy atom. The average Bonchev–Trinajstić information content (AvgIpc) is 2.25. The van der Waals surface area contributed by atoms with Crippen LogP contribution in [-0.4, -0.2) is 9.55 Å². The second kappa shape index (κ2) is 4.84. The Hall–Kier alpha value is -1.42. The molecule has 0 unspecified atom stereocenters. The SMILES string of the molecule is Cc1cc(C)n(Cc2ccccc2Br)c(=O)n1. The molecule has 1 aromatic carbocycles. The predicted molar refractivity (Wildman–Crippen MR) is 71.2 cm³/mol. The molecule has 0 atom stereocenters. The molecule has 0 saturated carbocycles. The zero-order valence-corrected chi connectivity index (χ0v) is 11.4. The van der Waals surface area contributed by atoms with E-state index in [9.17, 15) is 4.79 Å². The quantitative estimate of drug-likeness (QED) is 0.853. The zero-order valence-electron chi connectivity index (χ0n) is 9.77. The van der Waals surface area contributed by atoms with Gasteiger partial charge in [0.05, 0.1) is 6.54 Å². The summed E-state index contributed by atoms with van der Waals surface area (Å²) in [6, 6.07) is 9.80. The minimum absolute atomic E-state index is 0.196. The van der Waals surface area contributed by atoms with Crippen LogP contribution >= 0.6 is 15.9 Å². The van der Waals surface area contributed by atoms with E-state index in [1.165, 1.54) is 0 Å². The fourth-order valence-corrected chi connectivity index (χ4v) is 2.17. The third kappa shape index (κ3) is 2.64. The highest BCUT2D eigenvalue weighted by Crippen LogP contribution is 2.16. The van der Waals surface area contributed by atoms with Gasteiger partial charge in [-0.2, -0.15) is 4.98 Å². The number of hydrogen-bond donors (Lipinski definition) is 0. The first-order valence-electron chi connectivity index (χ1n) is 5.36.